The molecule has 0 fully saturated rings. The first-order valence-corrected chi connectivity index (χ1v) is 19.7. The zero-order valence-corrected chi connectivity index (χ0v) is 30.8. The highest BCUT2D eigenvalue weighted by Gasteiger charge is 2.21. The van der Waals surface area contributed by atoms with Crippen molar-refractivity contribution in [2.75, 3.05) is 0 Å². The van der Waals surface area contributed by atoms with Gasteiger partial charge >= 0.3 is 0 Å². The van der Waals surface area contributed by atoms with E-state index in [-0.39, 0.29) is 0 Å². The summed E-state index contributed by atoms with van der Waals surface area (Å²) in [4.78, 5) is 10.6. The van der Waals surface area contributed by atoms with Crippen LogP contribution in [-0.2, 0) is 0 Å². The second-order valence-corrected chi connectivity index (χ2v) is 15.5. The van der Waals surface area contributed by atoms with Gasteiger partial charge in [0.2, 0.25) is 0 Å². The molecule has 0 radical (unpaired) electrons. The summed E-state index contributed by atoms with van der Waals surface area (Å²) in [5, 5.41) is 10.9. The summed E-state index contributed by atoms with van der Waals surface area (Å²) in [6, 6.07) is 65.2. The van der Waals surface area contributed by atoms with Crippen LogP contribution in [0.15, 0.2) is 186 Å². The SMILES string of the molecule is c1ccc(-c2nc(-c3cc(-c4ccc(-c5ccc6sc7ccccc7c6c5)cc4)c4c5ccccc5c5ccccc5c4c3)nc3c2oc2ccccc23)cc1. The maximum Gasteiger partial charge on any atom is 0.180 e. The first kappa shape index (κ1) is 31.2. The van der Waals surface area contributed by atoms with Crippen molar-refractivity contribution in [1.82, 2.24) is 9.97 Å². The Balaban J connectivity index is 1.12. The molecule has 0 spiro atoms. The van der Waals surface area contributed by atoms with Gasteiger partial charge in [0.15, 0.2) is 11.4 Å². The van der Waals surface area contributed by atoms with E-state index in [4.69, 9.17) is 14.4 Å². The fourth-order valence-electron chi connectivity index (χ4n) is 8.65. The molecule has 0 saturated carbocycles. The van der Waals surface area contributed by atoms with Crippen LogP contribution in [0.3, 0.4) is 0 Å². The van der Waals surface area contributed by atoms with Gasteiger partial charge in [-0.05, 0) is 97.0 Å². The monoisotopic (exact) mass is 730 g/mol. The highest BCUT2D eigenvalue weighted by atomic mass is 32.1. The number of rotatable bonds is 4. The average molecular weight is 731 g/mol. The van der Waals surface area contributed by atoms with E-state index < -0.39 is 0 Å². The van der Waals surface area contributed by atoms with Crippen LogP contribution in [0.1, 0.15) is 0 Å². The Morgan fingerprint density at radius 1 is 0.375 bits per heavy atom. The van der Waals surface area contributed by atoms with E-state index >= 15 is 0 Å². The zero-order chi connectivity index (χ0) is 36.7. The van der Waals surface area contributed by atoms with Gasteiger partial charge in [-0.1, -0.05) is 140 Å². The first-order valence-electron chi connectivity index (χ1n) is 18.9. The molecule has 3 heterocycles. The van der Waals surface area contributed by atoms with Crippen molar-refractivity contribution in [3.05, 3.63) is 182 Å². The molecule has 3 aromatic heterocycles. The summed E-state index contributed by atoms with van der Waals surface area (Å²) in [5.74, 6) is 0.663. The Morgan fingerprint density at radius 2 is 0.964 bits per heavy atom. The summed E-state index contributed by atoms with van der Waals surface area (Å²) in [5.41, 5.74) is 9.73. The van der Waals surface area contributed by atoms with Gasteiger partial charge in [0.1, 0.15) is 16.8 Å². The lowest BCUT2D eigenvalue weighted by molar-refractivity contribution is 0.667. The summed E-state index contributed by atoms with van der Waals surface area (Å²) >= 11 is 1.85. The Labute approximate surface area is 325 Å². The Morgan fingerprint density at radius 3 is 1.77 bits per heavy atom. The summed E-state index contributed by atoms with van der Waals surface area (Å²) in [6.45, 7) is 0. The first-order chi connectivity index (χ1) is 27.7. The van der Waals surface area contributed by atoms with Crippen molar-refractivity contribution >= 4 is 85.9 Å². The van der Waals surface area contributed by atoms with Gasteiger partial charge in [0.05, 0.1) is 0 Å². The number of aromatic nitrogens is 2. The fraction of sp³-hybridized carbons (Fsp3) is 0. The van der Waals surface area contributed by atoms with Crippen LogP contribution in [0.5, 0.6) is 0 Å². The van der Waals surface area contributed by atoms with Gasteiger partial charge < -0.3 is 4.42 Å². The molecule has 12 aromatic rings. The molecule has 3 nitrogen and oxygen atoms in total. The summed E-state index contributed by atoms with van der Waals surface area (Å²) < 4.78 is 9.10. The number of thiophene rings is 1. The Hall–Kier alpha value is -7.14. The van der Waals surface area contributed by atoms with E-state index in [9.17, 15) is 0 Å². The third-order valence-electron chi connectivity index (χ3n) is 11.3. The van der Waals surface area contributed by atoms with Gasteiger partial charge in [0, 0.05) is 36.7 Å². The number of fused-ring (bicyclic) bond motifs is 12. The topological polar surface area (TPSA) is 38.9 Å². The maximum atomic E-state index is 6.46. The molecular formula is C52H30N2OS. The number of benzene rings is 9. The third-order valence-corrected chi connectivity index (χ3v) is 12.4. The molecule has 260 valence electrons. The van der Waals surface area contributed by atoms with Crippen molar-refractivity contribution in [1.29, 1.82) is 0 Å². The van der Waals surface area contributed by atoms with Crippen LogP contribution in [0.25, 0.3) is 119 Å². The molecule has 0 amide bonds. The highest BCUT2D eigenvalue weighted by Crippen LogP contribution is 2.44. The van der Waals surface area contributed by atoms with E-state index in [1.54, 1.807) is 0 Å². The van der Waals surface area contributed by atoms with E-state index in [1.807, 2.05) is 47.7 Å². The maximum absolute atomic E-state index is 6.46. The molecule has 0 aliphatic carbocycles. The summed E-state index contributed by atoms with van der Waals surface area (Å²) in [7, 11) is 0. The van der Waals surface area contributed by atoms with Crippen molar-refractivity contribution in [3.8, 4) is 44.9 Å². The van der Waals surface area contributed by atoms with Crippen molar-refractivity contribution < 1.29 is 4.42 Å². The van der Waals surface area contributed by atoms with E-state index in [0.717, 1.165) is 44.4 Å². The lowest BCUT2D eigenvalue weighted by Crippen LogP contribution is -1.95. The van der Waals surface area contributed by atoms with Gasteiger partial charge in [-0.3, -0.25) is 0 Å². The van der Waals surface area contributed by atoms with Gasteiger partial charge in [-0.2, -0.15) is 0 Å². The van der Waals surface area contributed by atoms with E-state index in [0.29, 0.717) is 11.4 Å². The minimum atomic E-state index is 0.663. The molecule has 0 aliphatic heterocycles. The minimum Gasteiger partial charge on any atom is -0.452 e. The molecule has 12 rings (SSSR count). The quantitative estimate of drug-likeness (QED) is 0.169. The number of para-hydroxylation sites is 1. The number of nitrogens with zero attached hydrogens (tertiary/aromatic N) is 2. The largest absolute Gasteiger partial charge is 0.452 e. The molecule has 9 aromatic carbocycles. The number of hydrogen-bond acceptors (Lipinski definition) is 4. The van der Waals surface area contributed by atoms with Crippen molar-refractivity contribution in [2.45, 2.75) is 0 Å². The van der Waals surface area contributed by atoms with Crippen LogP contribution >= 0.6 is 11.3 Å². The lowest BCUT2D eigenvalue weighted by Gasteiger charge is -2.17. The molecule has 0 bridgehead atoms. The molecule has 56 heavy (non-hydrogen) atoms. The predicted molar refractivity (Wildman–Crippen MR) is 236 cm³/mol. The Kier molecular flexibility index (Phi) is 6.80. The molecule has 0 aliphatic rings. The van der Waals surface area contributed by atoms with Crippen LogP contribution in [0.4, 0.5) is 0 Å². The highest BCUT2D eigenvalue weighted by molar-refractivity contribution is 7.25. The van der Waals surface area contributed by atoms with Crippen LogP contribution in [0.2, 0.25) is 0 Å². The van der Waals surface area contributed by atoms with E-state index in [2.05, 4.69) is 146 Å². The van der Waals surface area contributed by atoms with Crippen molar-refractivity contribution in [2.24, 2.45) is 0 Å². The fourth-order valence-corrected chi connectivity index (χ4v) is 9.74. The standard InChI is InChI=1S/C52H30N2OS/c1-2-12-33(13-3-1)49-51-50(41-19-8-10-20-45(41)55-51)54-52(53-49)35-29-42(48-40-18-7-6-15-37(40)36-14-4-5-16-38(36)44(48)30-35)32-24-22-31(23-25-32)34-26-27-47-43(28-34)39-17-9-11-21-46(39)56-47/h1-30H. The molecular weight excluding hydrogens is 701 g/mol. The lowest BCUT2D eigenvalue weighted by atomic mass is 9.87. The molecule has 4 heteroatoms. The Bertz CT molecular complexity index is 3530. The number of hydrogen-bond donors (Lipinski definition) is 0. The molecule has 0 saturated heterocycles. The molecule has 0 unspecified atom stereocenters. The normalized spacial score (nSPS) is 11.9. The molecule has 0 atom stereocenters. The smallest absolute Gasteiger partial charge is 0.180 e. The van der Waals surface area contributed by atoms with E-state index in [1.165, 1.54) is 63.6 Å². The second-order valence-electron chi connectivity index (χ2n) is 14.5. The molecule has 0 N–H and O–H groups in total. The van der Waals surface area contributed by atoms with Crippen LogP contribution in [0, 0.1) is 0 Å². The van der Waals surface area contributed by atoms with Gasteiger partial charge in [-0.15, -0.1) is 11.3 Å². The second kappa shape index (κ2) is 12.2. The average Bonchev–Trinajstić information content (AvgIpc) is 3.84. The van der Waals surface area contributed by atoms with Crippen molar-refractivity contribution in [3.63, 3.8) is 0 Å². The summed E-state index contributed by atoms with van der Waals surface area (Å²) in [6.07, 6.45) is 0. The minimum absolute atomic E-state index is 0.663. The van der Waals surface area contributed by atoms with Gasteiger partial charge in [-0.25, -0.2) is 9.97 Å². The zero-order valence-electron chi connectivity index (χ0n) is 30.0. The van der Waals surface area contributed by atoms with Crippen LogP contribution in [-0.4, -0.2) is 9.97 Å². The third kappa shape index (κ3) is 4.76. The van der Waals surface area contributed by atoms with Crippen LogP contribution < -0.4 is 0 Å². The number of furan rings is 1. The van der Waals surface area contributed by atoms with Gasteiger partial charge in [0.25, 0.3) is 0 Å². The predicted octanol–water partition coefficient (Wildman–Crippen LogP) is 14.9.